The van der Waals surface area contributed by atoms with Crippen LogP contribution in [0.2, 0.25) is 0 Å². The molecule has 0 aliphatic heterocycles. The molecule has 5 nitrogen and oxygen atoms in total. The molecule has 1 N–H and O–H groups in total. The van der Waals surface area contributed by atoms with E-state index in [0.717, 1.165) is 11.7 Å². The summed E-state index contributed by atoms with van der Waals surface area (Å²) in [7, 11) is 0. The molecule has 0 saturated heterocycles. The van der Waals surface area contributed by atoms with Gasteiger partial charge in [0.1, 0.15) is 11.9 Å². The van der Waals surface area contributed by atoms with E-state index in [9.17, 15) is 4.79 Å². The largest absolute Gasteiger partial charge is 0.411 e. The van der Waals surface area contributed by atoms with Gasteiger partial charge in [-0.05, 0) is 12.1 Å². The van der Waals surface area contributed by atoms with Crippen LogP contribution in [0.15, 0.2) is 35.6 Å². The highest BCUT2D eigenvalue weighted by atomic mass is 16.4. The van der Waals surface area contributed by atoms with E-state index in [1.807, 2.05) is 12.1 Å². The van der Waals surface area contributed by atoms with Crippen molar-refractivity contribution in [2.45, 2.75) is 0 Å². The molecule has 0 spiro atoms. The maximum atomic E-state index is 11.3. The topological polar surface area (TPSA) is 75.4 Å². The van der Waals surface area contributed by atoms with Crippen molar-refractivity contribution in [3.63, 3.8) is 0 Å². The standard InChI is InChI=1S/C10H7N3O2/c14-10(6-12-15)9-5-11-7-3-1-2-4-8(7)13-9/h1-6,15H. The molecule has 0 saturated carbocycles. The Morgan fingerprint density at radius 2 is 2.07 bits per heavy atom. The van der Waals surface area contributed by atoms with E-state index in [-0.39, 0.29) is 5.69 Å². The number of para-hydroxylation sites is 2. The summed E-state index contributed by atoms with van der Waals surface area (Å²) in [5.41, 5.74) is 1.51. The number of oxime groups is 1. The normalized spacial score (nSPS) is 10.9. The first kappa shape index (κ1) is 9.26. The predicted molar refractivity (Wildman–Crippen MR) is 54.1 cm³/mol. The van der Waals surface area contributed by atoms with Gasteiger partial charge in [-0.2, -0.15) is 0 Å². The summed E-state index contributed by atoms with van der Waals surface area (Å²) in [5.74, 6) is -0.476. The van der Waals surface area contributed by atoms with Crippen LogP contribution in [0.5, 0.6) is 0 Å². The fourth-order valence-corrected chi connectivity index (χ4v) is 1.19. The molecule has 2 aromatic rings. The zero-order valence-electron chi connectivity index (χ0n) is 7.66. The summed E-state index contributed by atoms with van der Waals surface area (Å²) >= 11 is 0. The quantitative estimate of drug-likeness (QED) is 0.343. The molecule has 0 bridgehead atoms. The average Bonchev–Trinajstić information content (AvgIpc) is 2.29. The van der Waals surface area contributed by atoms with Crippen molar-refractivity contribution in [2.24, 2.45) is 5.16 Å². The van der Waals surface area contributed by atoms with Crippen molar-refractivity contribution in [3.8, 4) is 0 Å². The number of nitrogens with zero attached hydrogens (tertiary/aromatic N) is 3. The van der Waals surface area contributed by atoms with Gasteiger partial charge < -0.3 is 5.21 Å². The van der Waals surface area contributed by atoms with Crippen LogP contribution < -0.4 is 0 Å². The molecule has 0 aliphatic rings. The Labute approximate surface area is 85.1 Å². The Kier molecular flexibility index (Phi) is 2.37. The Hall–Kier alpha value is -2.30. The minimum absolute atomic E-state index is 0.159. The molecule has 0 fully saturated rings. The number of rotatable bonds is 2. The first-order valence-electron chi connectivity index (χ1n) is 4.25. The van der Waals surface area contributed by atoms with Crippen molar-refractivity contribution in [1.29, 1.82) is 0 Å². The molecule has 0 unspecified atom stereocenters. The molecule has 15 heavy (non-hydrogen) atoms. The lowest BCUT2D eigenvalue weighted by Gasteiger charge is -1.97. The molecular formula is C10H7N3O2. The van der Waals surface area contributed by atoms with Crippen LogP contribution in [0, 0.1) is 0 Å². The van der Waals surface area contributed by atoms with E-state index >= 15 is 0 Å². The van der Waals surface area contributed by atoms with E-state index in [0.29, 0.717) is 5.52 Å². The van der Waals surface area contributed by atoms with Crippen LogP contribution in [0.4, 0.5) is 0 Å². The van der Waals surface area contributed by atoms with Crippen LogP contribution in [0.25, 0.3) is 11.0 Å². The highest BCUT2D eigenvalue weighted by Crippen LogP contribution is 2.08. The average molecular weight is 201 g/mol. The van der Waals surface area contributed by atoms with Crippen molar-refractivity contribution < 1.29 is 10.0 Å². The number of carbonyl (C=O) groups excluding carboxylic acids is 1. The predicted octanol–water partition coefficient (Wildman–Crippen LogP) is 1.27. The SMILES string of the molecule is O=C(C=NO)c1cnc2ccccc2n1. The van der Waals surface area contributed by atoms with Crippen LogP contribution in [0.3, 0.4) is 0 Å². The van der Waals surface area contributed by atoms with Gasteiger partial charge in [-0.3, -0.25) is 9.78 Å². The molecule has 5 heteroatoms. The number of carbonyl (C=O) groups is 1. The van der Waals surface area contributed by atoms with Crippen LogP contribution in [-0.4, -0.2) is 27.2 Å². The molecule has 1 aromatic carbocycles. The Balaban J connectivity index is 2.51. The van der Waals surface area contributed by atoms with Crippen molar-refractivity contribution in [3.05, 3.63) is 36.2 Å². The number of Topliss-reactive ketones (excluding diaryl/α,β-unsaturated/α-hetero) is 1. The zero-order valence-corrected chi connectivity index (χ0v) is 7.66. The van der Waals surface area contributed by atoms with Crippen molar-refractivity contribution in [2.75, 3.05) is 0 Å². The lowest BCUT2D eigenvalue weighted by Crippen LogP contribution is -2.04. The molecular weight excluding hydrogens is 194 g/mol. The minimum atomic E-state index is -0.476. The number of fused-ring (bicyclic) bond motifs is 1. The Bertz CT molecular complexity index is 537. The van der Waals surface area contributed by atoms with E-state index in [1.165, 1.54) is 6.20 Å². The van der Waals surface area contributed by atoms with E-state index in [4.69, 9.17) is 5.21 Å². The maximum Gasteiger partial charge on any atom is 0.227 e. The fraction of sp³-hybridized carbons (Fsp3) is 0. The van der Waals surface area contributed by atoms with Crippen molar-refractivity contribution >= 4 is 23.0 Å². The Morgan fingerprint density at radius 3 is 2.80 bits per heavy atom. The molecule has 74 valence electrons. The number of hydrogen-bond acceptors (Lipinski definition) is 5. The highest BCUT2D eigenvalue weighted by molar-refractivity contribution is 6.34. The third-order valence-electron chi connectivity index (χ3n) is 1.88. The third-order valence-corrected chi connectivity index (χ3v) is 1.88. The Morgan fingerprint density at radius 1 is 1.33 bits per heavy atom. The smallest absolute Gasteiger partial charge is 0.227 e. The third kappa shape index (κ3) is 1.80. The summed E-state index contributed by atoms with van der Waals surface area (Å²) in [4.78, 5) is 19.4. The fourth-order valence-electron chi connectivity index (χ4n) is 1.19. The minimum Gasteiger partial charge on any atom is -0.411 e. The van der Waals surface area contributed by atoms with Gasteiger partial charge in [0, 0.05) is 0 Å². The van der Waals surface area contributed by atoms with Crippen LogP contribution in [0.1, 0.15) is 10.5 Å². The maximum absolute atomic E-state index is 11.3. The van der Waals surface area contributed by atoms with Gasteiger partial charge in [0.05, 0.1) is 17.2 Å². The number of benzene rings is 1. The van der Waals surface area contributed by atoms with E-state index < -0.39 is 5.78 Å². The molecule has 2 rings (SSSR count). The molecule has 1 heterocycles. The molecule has 0 amide bonds. The van der Waals surface area contributed by atoms with Gasteiger partial charge in [-0.25, -0.2) is 4.98 Å². The lowest BCUT2D eigenvalue weighted by molar-refractivity contribution is 0.106. The monoisotopic (exact) mass is 201 g/mol. The lowest BCUT2D eigenvalue weighted by atomic mass is 10.2. The molecule has 1 aromatic heterocycles. The number of aromatic nitrogens is 2. The molecule has 0 aliphatic carbocycles. The second kappa shape index (κ2) is 3.83. The van der Waals surface area contributed by atoms with E-state index in [1.54, 1.807) is 12.1 Å². The summed E-state index contributed by atoms with van der Waals surface area (Å²) in [6.45, 7) is 0. The number of hydrogen-bond donors (Lipinski definition) is 1. The summed E-state index contributed by atoms with van der Waals surface area (Å²) in [6.07, 6.45) is 2.14. The van der Waals surface area contributed by atoms with E-state index in [2.05, 4.69) is 15.1 Å². The first-order valence-corrected chi connectivity index (χ1v) is 4.25. The first-order chi connectivity index (χ1) is 7.31. The zero-order chi connectivity index (χ0) is 10.7. The van der Waals surface area contributed by atoms with Gasteiger partial charge in [-0.15, -0.1) is 0 Å². The number of ketones is 1. The second-order valence-electron chi connectivity index (χ2n) is 2.85. The summed E-state index contributed by atoms with van der Waals surface area (Å²) in [6, 6.07) is 7.21. The van der Waals surface area contributed by atoms with Gasteiger partial charge in [0.2, 0.25) is 5.78 Å². The van der Waals surface area contributed by atoms with Gasteiger partial charge in [-0.1, -0.05) is 17.3 Å². The van der Waals surface area contributed by atoms with Crippen molar-refractivity contribution in [1.82, 2.24) is 9.97 Å². The van der Waals surface area contributed by atoms with Gasteiger partial charge in [0.25, 0.3) is 0 Å². The highest BCUT2D eigenvalue weighted by Gasteiger charge is 2.06. The van der Waals surface area contributed by atoms with Gasteiger partial charge >= 0.3 is 0 Å². The summed E-state index contributed by atoms with van der Waals surface area (Å²) < 4.78 is 0. The summed E-state index contributed by atoms with van der Waals surface area (Å²) in [5, 5.41) is 10.9. The van der Waals surface area contributed by atoms with Gasteiger partial charge in [0.15, 0.2) is 0 Å². The van der Waals surface area contributed by atoms with Crippen LogP contribution in [-0.2, 0) is 0 Å². The second-order valence-corrected chi connectivity index (χ2v) is 2.85. The molecule has 0 radical (unpaired) electrons. The van der Waals surface area contributed by atoms with Crippen LogP contribution >= 0.6 is 0 Å². The molecule has 0 atom stereocenters.